The van der Waals surface area contributed by atoms with E-state index in [9.17, 15) is 18.0 Å². The van der Waals surface area contributed by atoms with E-state index < -0.39 is 17.7 Å². The average Bonchev–Trinajstić information content (AvgIpc) is 2.38. The molecule has 0 aliphatic heterocycles. The predicted octanol–water partition coefficient (Wildman–Crippen LogP) is 3.10. The molecule has 0 spiro atoms. The number of halogens is 4. The maximum absolute atomic E-state index is 12.7. The van der Waals surface area contributed by atoms with Gasteiger partial charge in [0, 0.05) is 5.02 Å². The summed E-state index contributed by atoms with van der Waals surface area (Å²) in [5, 5.41) is 11.3. The maximum Gasteiger partial charge on any atom is 0.417 e. The second kappa shape index (κ2) is 7.00. The zero-order valence-electron chi connectivity index (χ0n) is 11.2. The first-order valence-corrected chi connectivity index (χ1v) is 6.48. The zero-order valence-corrected chi connectivity index (χ0v) is 12.0. The standard InChI is InChI=1S/C13H15ClF3NO3/c1-12(11(19)20,13(15,16)17)18-7-2-8-21-10-5-3-9(14)4-6-10/h3-6,18H,2,7-8H2,1H3,(H,19,20). The minimum absolute atomic E-state index is 0.143. The molecule has 0 saturated carbocycles. The van der Waals surface area contributed by atoms with Gasteiger partial charge in [-0.2, -0.15) is 13.2 Å². The molecule has 0 aliphatic rings. The van der Waals surface area contributed by atoms with Gasteiger partial charge in [0.1, 0.15) is 5.75 Å². The minimum Gasteiger partial charge on any atom is -0.494 e. The van der Waals surface area contributed by atoms with Crippen LogP contribution in [0.15, 0.2) is 24.3 Å². The van der Waals surface area contributed by atoms with Gasteiger partial charge in [0.25, 0.3) is 0 Å². The summed E-state index contributed by atoms with van der Waals surface area (Å²) in [6.07, 6.45) is -4.66. The molecular formula is C13H15ClF3NO3. The molecule has 1 aromatic carbocycles. The van der Waals surface area contributed by atoms with E-state index in [1.54, 1.807) is 24.3 Å². The highest BCUT2D eigenvalue weighted by molar-refractivity contribution is 6.30. The van der Waals surface area contributed by atoms with E-state index in [1.807, 2.05) is 5.32 Å². The summed E-state index contributed by atoms with van der Waals surface area (Å²) in [5.74, 6) is -1.43. The number of aliphatic carboxylic acids is 1. The Morgan fingerprint density at radius 3 is 2.38 bits per heavy atom. The molecule has 1 atom stereocenters. The Labute approximate surface area is 124 Å². The highest BCUT2D eigenvalue weighted by Crippen LogP contribution is 2.30. The van der Waals surface area contributed by atoms with Crippen molar-refractivity contribution in [2.75, 3.05) is 13.2 Å². The summed E-state index contributed by atoms with van der Waals surface area (Å²) in [6.45, 7) is 0.605. The summed E-state index contributed by atoms with van der Waals surface area (Å²) < 4.78 is 43.3. The van der Waals surface area contributed by atoms with E-state index >= 15 is 0 Å². The average molecular weight is 326 g/mol. The molecule has 0 aromatic heterocycles. The number of carboxylic acids is 1. The molecule has 0 aliphatic carbocycles. The molecule has 0 radical (unpaired) electrons. The van der Waals surface area contributed by atoms with Crippen molar-refractivity contribution < 1.29 is 27.8 Å². The van der Waals surface area contributed by atoms with Gasteiger partial charge in [0.15, 0.2) is 0 Å². The fourth-order valence-electron chi connectivity index (χ4n) is 1.43. The van der Waals surface area contributed by atoms with Crippen LogP contribution < -0.4 is 10.1 Å². The Hall–Kier alpha value is -1.47. The van der Waals surface area contributed by atoms with Crippen LogP contribution in [0.5, 0.6) is 5.75 Å². The summed E-state index contributed by atoms with van der Waals surface area (Å²) in [5.41, 5.74) is -2.97. The second-order valence-electron chi connectivity index (χ2n) is 4.51. The molecular weight excluding hydrogens is 311 g/mol. The number of hydrogen-bond donors (Lipinski definition) is 2. The van der Waals surface area contributed by atoms with Crippen LogP contribution in [-0.4, -0.2) is 35.9 Å². The summed E-state index contributed by atoms with van der Waals surface area (Å²) in [7, 11) is 0. The van der Waals surface area contributed by atoms with Gasteiger partial charge in [-0.3, -0.25) is 5.32 Å². The molecule has 1 unspecified atom stereocenters. The number of benzene rings is 1. The van der Waals surface area contributed by atoms with Crippen LogP contribution in [-0.2, 0) is 4.79 Å². The number of ether oxygens (including phenoxy) is 1. The van der Waals surface area contributed by atoms with Crippen LogP contribution in [0.1, 0.15) is 13.3 Å². The van der Waals surface area contributed by atoms with Gasteiger partial charge in [-0.05, 0) is 44.2 Å². The highest BCUT2D eigenvalue weighted by Gasteiger charge is 2.56. The summed E-state index contributed by atoms with van der Waals surface area (Å²) in [4.78, 5) is 10.8. The van der Waals surface area contributed by atoms with Gasteiger partial charge < -0.3 is 9.84 Å². The molecule has 4 nitrogen and oxygen atoms in total. The number of rotatable bonds is 7. The van der Waals surface area contributed by atoms with Gasteiger partial charge in [0.05, 0.1) is 6.61 Å². The van der Waals surface area contributed by atoms with Crippen molar-refractivity contribution in [2.24, 2.45) is 0 Å². The highest BCUT2D eigenvalue weighted by atomic mass is 35.5. The fourth-order valence-corrected chi connectivity index (χ4v) is 1.55. The number of hydrogen-bond acceptors (Lipinski definition) is 3. The third kappa shape index (κ3) is 4.78. The van der Waals surface area contributed by atoms with Crippen LogP contribution in [0.4, 0.5) is 13.2 Å². The Bertz CT molecular complexity index is 479. The Morgan fingerprint density at radius 2 is 1.90 bits per heavy atom. The third-order valence-electron chi connectivity index (χ3n) is 2.88. The molecule has 0 heterocycles. The quantitative estimate of drug-likeness (QED) is 0.756. The molecule has 0 fully saturated rings. The topological polar surface area (TPSA) is 58.6 Å². The molecule has 1 aromatic rings. The van der Waals surface area contributed by atoms with E-state index in [-0.39, 0.29) is 19.6 Å². The van der Waals surface area contributed by atoms with Crippen molar-refractivity contribution in [1.29, 1.82) is 0 Å². The lowest BCUT2D eigenvalue weighted by Crippen LogP contribution is -2.60. The van der Waals surface area contributed by atoms with Crippen molar-refractivity contribution in [2.45, 2.75) is 25.1 Å². The van der Waals surface area contributed by atoms with Crippen molar-refractivity contribution in [3.63, 3.8) is 0 Å². The molecule has 2 N–H and O–H groups in total. The Kier molecular flexibility index (Phi) is 5.86. The van der Waals surface area contributed by atoms with Crippen molar-refractivity contribution in [3.05, 3.63) is 29.3 Å². The van der Waals surface area contributed by atoms with Crippen LogP contribution in [0.2, 0.25) is 5.02 Å². The van der Waals surface area contributed by atoms with Gasteiger partial charge in [-0.1, -0.05) is 11.6 Å². The Balaban J connectivity index is 2.39. The zero-order chi connectivity index (χ0) is 16.1. The SMILES string of the molecule is CC(NCCCOc1ccc(Cl)cc1)(C(=O)O)C(F)(F)F. The fraction of sp³-hybridized carbons (Fsp3) is 0.462. The lowest BCUT2D eigenvalue weighted by atomic mass is 10.0. The summed E-state index contributed by atoms with van der Waals surface area (Å²) in [6, 6.07) is 6.51. The number of carbonyl (C=O) groups is 1. The maximum atomic E-state index is 12.7. The second-order valence-corrected chi connectivity index (χ2v) is 4.95. The molecule has 1 rings (SSSR count). The first-order valence-electron chi connectivity index (χ1n) is 6.10. The van der Waals surface area contributed by atoms with Gasteiger partial charge in [-0.15, -0.1) is 0 Å². The molecule has 0 saturated heterocycles. The van der Waals surface area contributed by atoms with Gasteiger partial charge in [-0.25, -0.2) is 4.79 Å². The smallest absolute Gasteiger partial charge is 0.417 e. The van der Waals surface area contributed by atoms with Crippen LogP contribution in [0.3, 0.4) is 0 Å². The largest absolute Gasteiger partial charge is 0.494 e. The molecule has 21 heavy (non-hydrogen) atoms. The lowest BCUT2D eigenvalue weighted by molar-refractivity contribution is -0.205. The number of nitrogens with one attached hydrogen (secondary N) is 1. The summed E-state index contributed by atoms with van der Waals surface area (Å²) >= 11 is 5.69. The molecule has 0 amide bonds. The normalized spacial score (nSPS) is 14.5. The predicted molar refractivity (Wildman–Crippen MR) is 71.7 cm³/mol. The monoisotopic (exact) mass is 325 g/mol. The number of alkyl halides is 3. The van der Waals surface area contributed by atoms with Crippen LogP contribution in [0, 0.1) is 0 Å². The number of carboxylic acid groups (broad SMARTS) is 1. The van der Waals surface area contributed by atoms with Gasteiger partial charge >= 0.3 is 12.1 Å². The first kappa shape index (κ1) is 17.6. The van der Waals surface area contributed by atoms with E-state index in [1.165, 1.54) is 0 Å². The van der Waals surface area contributed by atoms with Crippen molar-refractivity contribution in [3.8, 4) is 5.75 Å². The van der Waals surface area contributed by atoms with E-state index in [4.69, 9.17) is 21.4 Å². The van der Waals surface area contributed by atoms with Crippen molar-refractivity contribution >= 4 is 17.6 Å². The third-order valence-corrected chi connectivity index (χ3v) is 3.13. The van der Waals surface area contributed by atoms with E-state index in [0.29, 0.717) is 17.7 Å². The minimum atomic E-state index is -4.88. The van der Waals surface area contributed by atoms with Crippen LogP contribution in [0.25, 0.3) is 0 Å². The molecule has 0 bridgehead atoms. The van der Waals surface area contributed by atoms with Crippen LogP contribution >= 0.6 is 11.6 Å². The Morgan fingerprint density at radius 1 is 1.33 bits per heavy atom. The lowest BCUT2D eigenvalue weighted by Gasteiger charge is -2.28. The van der Waals surface area contributed by atoms with Crippen molar-refractivity contribution in [1.82, 2.24) is 5.32 Å². The van der Waals surface area contributed by atoms with E-state index in [0.717, 1.165) is 0 Å². The van der Waals surface area contributed by atoms with E-state index in [2.05, 4.69) is 0 Å². The first-order chi connectivity index (χ1) is 9.67. The van der Waals surface area contributed by atoms with Gasteiger partial charge in [0.2, 0.25) is 5.54 Å². The molecule has 118 valence electrons. The molecule has 8 heteroatoms.